The first-order chi connectivity index (χ1) is 19.7. The molecule has 8 nitrogen and oxygen atoms in total. The van der Waals surface area contributed by atoms with Crippen LogP contribution in [0.5, 0.6) is 0 Å². The Morgan fingerprint density at radius 2 is 1.78 bits per heavy atom. The number of nitrogens with zero attached hydrogens (tertiary/aromatic N) is 4. The minimum atomic E-state index is -0.995. The van der Waals surface area contributed by atoms with Crippen LogP contribution in [-0.2, 0) is 9.53 Å². The summed E-state index contributed by atoms with van der Waals surface area (Å²) in [6.45, 7) is 2.19. The van der Waals surface area contributed by atoms with Crippen LogP contribution in [0.4, 0.5) is 8.78 Å². The lowest BCUT2D eigenvalue weighted by Gasteiger charge is -2.36. The zero-order valence-electron chi connectivity index (χ0n) is 21.9. The number of nitrogens with one attached hydrogen (secondary N) is 1. The van der Waals surface area contributed by atoms with Gasteiger partial charge in [0.25, 0.3) is 5.91 Å². The SMILES string of the molecule is COC(=O)C1=C(CN2CCN(C(=O)c3ccccc3)CC2)NC(c2ncc(F)cc2F)=NC1c1ccc(Cl)cc1Cl. The van der Waals surface area contributed by atoms with E-state index in [1.807, 2.05) is 18.2 Å². The highest BCUT2D eigenvalue weighted by molar-refractivity contribution is 6.35. The summed E-state index contributed by atoms with van der Waals surface area (Å²) >= 11 is 12.6. The molecule has 3 aromatic rings. The van der Waals surface area contributed by atoms with Gasteiger partial charge in [-0.05, 0) is 24.3 Å². The lowest BCUT2D eigenvalue weighted by atomic mass is 9.95. The van der Waals surface area contributed by atoms with Crippen LogP contribution < -0.4 is 5.32 Å². The van der Waals surface area contributed by atoms with Crippen molar-refractivity contribution in [3.05, 3.63) is 111 Å². The van der Waals surface area contributed by atoms with E-state index in [0.717, 1.165) is 6.20 Å². The van der Waals surface area contributed by atoms with Crippen molar-refractivity contribution in [3.63, 3.8) is 0 Å². The van der Waals surface area contributed by atoms with E-state index < -0.39 is 23.6 Å². The number of rotatable bonds is 6. The third kappa shape index (κ3) is 6.24. The van der Waals surface area contributed by atoms with Crippen LogP contribution in [0, 0.1) is 11.6 Å². The molecule has 1 aromatic heterocycles. The fourth-order valence-corrected chi connectivity index (χ4v) is 5.34. The molecule has 1 atom stereocenters. The molecule has 0 saturated carbocycles. The molecule has 1 N–H and O–H groups in total. The normalized spacial score (nSPS) is 17.6. The number of carbonyl (C=O) groups is 2. The molecular formula is C29H25Cl2F2N5O3. The fraction of sp³-hybridized carbons (Fsp3) is 0.241. The summed E-state index contributed by atoms with van der Waals surface area (Å²) in [6, 6.07) is 13.5. The van der Waals surface area contributed by atoms with Crippen molar-refractivity contribution in [1.29, 1.82) is 0 Å². The number of carbonyl (C=O) groups excluding carboxylic acids is 2. The molecule has 0 radical (unpaired) electrons. The zero-order valence-corrected chi connectivity index (χ0v) is 23.4. The third-order valence-electron chi connectivity index (χ3n) is 6.88. The van der Waals surface area contributed by atoms with Crippen molar-refractivity contribution in [1.82, 2.24) is 20.1 Å². The van der Waals surface area contributed by atoms with E-state index in [1.54, 1.807) is 29.2 Å². The summed E-state index contributed by atoms with van der Waals surface area (Å²) in [5.41, 5.74) is 1.40. The number of aliphatic imine (C=N–C) groups is 1. The summed E-state index contributed by atoms with van der Waals surface area (Å²) in [5, 5.41) is 3.67. The Hall–Kier alpha value is -3.86. The Labute approximate surface area is 245 Å². The summed E-state index contributed by atoms with van der Waals surface area (Å²) < 4.78 is 33.6. The van der Waals surface area contributed by atoms with E-state index in [0.29, 0.717) is 54.1 Å². The summed E-state index contributed by atoms with van der Waals surface area (Å²) in [4.78, 5) is 38.4. The number of aromatic nitrogens is 1. The van der Waals surface area contributed by atoms with Gasteiger partial charge in [-0.25, -0.2) is 18.6 Å². The zero-order chi connectivity index (χ0) is 29.1. The van der Waals surface area contributed by atoms with E-state index in [-0.39, 0.29) is 34.6 Å². The molecule has 0 spiro atoms. The molecule has 0 bridgehead atoms. The van der Waals surface area contributed by atoms with E-state index in [9.17, 15) is 18.4 Å². The van der Waals surface area contributed by atoms with Crippen LogP contribution in [0.2, 0.25) is 10.0 Å². The van der Waals surface area contributed by atoms with Gasteiger partial charge in [0.15, 0.2) is 11.7 Å². The molecule has 5 rings (SSSR count). The van der Waals surface area contributed by atoms with Crippen LogP contribution in [0.3, 0.4) is 0 Å². The second-order valence-corrected chi connectivity index (χ2v) is 10.3. The molecule has 212 valence electrons. The number of pyridine rings is 1. The first-order valence-corrected chi connectivity index (χ1v) is 13.5. The number of halogens is 4. The Balaban J connectivity index is 1.48. The van der Waals surface area contributed by atoms with Crippen molar-refractivity contribution >= 4 is 40.9 Å². The minimum Gasteiger partial charge on any atom is -0.466 e. The number of hydrogen-bond acceptors (Lipinski definition) is 7. The van der Waals surface area contributed by atoms with E-state index in [1.165, 1.54) is 13.2 Å². The van der Waals surface area contributed by atoms with Crippen molar-refractivity contribution in [2.24, 2.45) is 4.99 Å². The number of ether oxygens (including phenoxy) is 1. The molecule has 41 heavy (non-hydrogen) atoms. The average molecular weight is 600 g/mol. The first-order valence-electron chi connectivity index (χ1n) is 12.7. The van der Waals surface area contributed by atoms with Gasteiger partial charge in [-0.1, -0.05) is 47.5 Å². The van der Waals surface area contributed by atoms with Gasteiger partial charge in [0.2, 0.25) is 0 Å². The maximum Gasteiger partial charge on any atom is 0.338 e. The third-order valence-corrected chi connectivity index (χ3v) is 7.44. The van der Waals surface area contributed by atoms with Crippen molar-refractivity contribution in [3.8, 4) is 0 Å². The lowest BCUT2D eigenvalue weighted by Crippen LogP contribution is -2.50. The number of amidine groups is 1. The maximum absolute atomic E-state index is 14.8. The molecule has 2 aromatic carbocycles. The Bertz CT molecular complexity index is 1540. The molecule has 2 aliphatic rings. The summed E-state index contributed by atoms with van der Waals surface area (Å²) in [7, 11) is 1.25. The molecule has 2 aliphatic heterocycles. The summed E-state index contributed by atoms with van der Waals surface area (Å²) in [5.74, 6) is -2.48. The van der Waals surface area contributed by atoms with E-state index in [2.05, 4.69) is 20.2 Å². The van der Waals surface area contributed by atoms with Gasteiger partial charge in [-0.15, -0.1) is 0 Å². The number of hydrogen-bond donors (Lipinski definition) is 1. The van der Waals surface area contributed by atoms with Gasteiger partial charge in [-0.3, -0.25) is 14.7 Å². The molecule has 0 aliphatic carbocycles. The minimum absolute atomic E-state index is 0.000869. The van der Waals surface area contributed by atoms with Gasteiger partial charge >= 0.3 is 5.97 Å². The standard InChI is InChI=1S/C29H25Cl2F2N5O3/c1-41-29(40)24-23(16-37-9-11-38(12-10-37)28(39)17-5-3-2-4-6-17)35-27(26-22(33)14-19(32)15-34-26)36-25(24)20-8-7-18(30)13-21(20)31/h2-8,13-15,25H,9-12,16H2,1H3,(H,35,36). The van der Waals surface area contributed by atoms with Gasteiger partial charge in [0.05, 0.1) is 18.9 Å². The second kappa shape index (κ2) is 12.3. The van der Waals surface area contributed by atoms with Crippen molar-refractivity contribution in [2.45, 2.75) is 6.04 Å². The number of benzene rings is 2. The largest absolute Gasteiger partial charge is 0.466 e. The topological polar surface area (TPSA) is 87.1 Å². The number of piperazine rings is 1. The van der Waals surface area contributed by atoms with Gasteiger partial charge < -0.3 is 15.0 Å². The van der Waals surface area contributed by atoms with E-state index in [4.69, 9.17) is 27.9 Å². The quantitative estimate of drug-likeness (QED) is 0.415. The monoisotopic (exact) mass is 599 g/mol. The highest BCUT2D eigenvalue weighted by Crippen LogP contribution is 2.37. The van der Waals surface area contributed by atoms with Crippen LogP contribution in [0.1, 0.15) is 27.7 Å². The first kappa shape index (κ1) is 28.7. The van der Waals surface area contributed by atoms with Crippen molar-refractivity contribution < 1.29 is 23.1 Å². The average Bonchev–Trinajstić information content (AvgIpc) is 2.97. The molecule has 12 heteroatoms. The van der Waals surface area contributed by atoms with Crippen LogP contribution in [-0.4, -0.2) is 72.3 Å². The number of esters is 1. The number of amides is 1. The fourth-order valence-electron chi connectivity index (χ4n) is 4.82. The van der Waals surface area contributed by atoms with E-state index >= 15 is 0 Å². The lowest BCUT2D eigenvalue weighted by molar-refractivity contribution is -0.136. The molecule has 1 amide bonds. The highest BCUT2D eigenvalue weighted by atomic mass is 35.5. The van der Waals surface area contributed by atoms with Gasteiger partial charge in [0.1, 0.15) is 17.6 Å². The Kier molecular flexibility index (Phi) is 8.63. The van der Waals surface area contributed by atoms with Crippen LogP contribution in [0.25, 0.3) is 0 Å². The Morgan fingerprint density at radius 1 is 1.05 bits per heavy atom. The Morgan fingerprint density at radius 3 is 2.44 bits per heavy atom. The highest BCUT2D eigenvalue weighted by Gasteiger charge is 2.35. The van der Waals surface area contributed by atoms with Gasteiger partial charge in [0, 0.05) is 65.7 Å². The maximum atomic E-state index is 14.8. The smallest absolute Gasteiger partial charge is 0.338 e. The van der Waals surface area contributed by atoms with Crippen molar-refractivity contribution in [2.75, 3.05) is 39.8 Å². The van der Waals surface area contributed by atoms with Gasteiger partial charge in [-0.2, -0.15) is 0 Å². The van der Waals surface area contributed by atoms with Crippen LogP contribution >= 0.6 is 23.2 Å². The van der Waals surface area contributed by atoms with Crippen LogP contribution in [0.15, 0.2) is 77.1 Å². The number of methoxy groups -OCH3 is 1. The second-order valence-electron chi connectivity index (χ2n) is 9.47. The summed E-state index contributed by atoms with van der Waals surface area (Å²) in [6.07, 6.45) is 0.884. The molecule has 1 fully saturated rings. The predicted octanol–water partition coefficient (Wildman–Crippen LogP) is 4.64. The predicted molar refractivity (Wildman–Crippen MR) is 151 cm³/mol. The molecule has 1 saturated heterocycles. The molecular weight excluding hydrogens is 575 g/mol. The molecule has 3 heterocycles. The molecule has 1 unspecified atom stereocenters.